The van der Waals surface area contributed by atoms with Crippen molar-refractivity contribution in [1.82, 2.24) is 4.57 Å². The molecule has 272 valence electrons. The molecule has 12 rings (SSSR count). The first-order valence-corrected chi connectivity index (χ1v) is 19.7. The number of rotatable bonds is 6. The Bertz CT molecular complexity index is 3460. The molecular weight excluding hydrogens is 709 g/mol. The molecule has 0 radical (unpaired) electrons. The molecule has 0 aliphatic heterocycles. The molecule has 58 heavy (non-hydrogen) atoms. The Labute approximate surface area is 334 Å². The Kier molecular flexibility index (Phi) is 7.20. The summed E-state index contributed by atoms with van der Waals surface area (Å²) in [6.45, 7) is 0. The maximum atomic E-state index is 6.42. The van der Waals surface area contributed by atoms with Gasteiger partial charge in [0.1, 0.15) is 22.3 Å². The number of aromatic nitrogens is 1. The average molecular weight is 743 g/mol. The molecule has 0 atom stereocenters. The Morgan fingerprint density at radius 2 is 0.828 bits per heavy atom. The smallest absolute Gasteiger partial charge is 0.137 e. The lowest BCUT2D eigenvalue weighted by Crippen LogP contribution is -2.09. The molecule has 0 saturated heterocycles. The maximum absolute atomic E-state index is 6.42. The van der Waals surface area contributed by atoms with Crippen LogP contribution in [0.25, 0.3) is 93.6 Å². The van der Waals surface area contributed by atoms with Gasteiger partial charge in [0, 0.05) is 61.0 Å². The molecule has 0 aliphatic rings. The second-order valence-corrected chi connectivity index (χ2v) is 14.9. The van der Waals surface area contributed by atoms with Crippen LogP contribution >= 0.6 is 0 Å². The van der Waals surface area contributed by atoms with Crippen molar-refractivity contribution >= 4 is 82.7 Å². The third-order valence-corrected chi connectivity index (χ3v) is 11.6. The number of para-hydroxylation sites is 4. The normalized spacial score (nSPS) is 11.8. The van der Waals surface area contributed by atoms with Crippen molar-refractivity contribution in [2.75, 3.05) is 4.90 Å². The van der Waals surface area contributed by atoms with Crippen molar-refractivity contribution in [1.29, 1.82) is 0 Å². The zero-order valence-electron chi connectivity index (χ0n) is 31.3. The molecule has 4 heteroatoms. The van der Waals surface area contributed by atoms with E-state index in [1.54, 1.807) is 0 Å². The van der Waals surface area contributed by atoms with Crippen molar-refractivity contribution in [2.45, 2.75) is 0 Å². The Morgan fingerprint density at radius 3 is 1.55 bits per heavy atom. The first kappa shape index (κ1) is 32.4. The zero-order valence-corrected chi connectivity index (χ0v) is 31.3. The van der Waals surface area contributed by atoms with Crippen molar-refractivity contribution in [3.05, 3.63) is 206 Å². The van der Waals surface area contributed by atoms with Gasteiger partial charge in [-0.25, -0.2) is 0 Å². The van der Waals surface area contributed by atoms with Gasteiger partial charge in [0.25, 0.3) is 0 Å². The molecule has 0 aliphatic carbocycles. The summed E-state index contributed by atoms with van der Waals surface area (Å²) in [6, 6.07) is 73.4. The van der Waals surface area contributed by atoms with Crippen LogP contribution < -0.4 is 4.90 Å². The summed E-state index contributed by atoms with van der Waals surface area (Å²) in [4.78, 5) is 2.31. The minimum atomic E-state index is 0.851. The summed E-state index contributed by atoms with van der Waals surface area (Å²) in [7, 11) is 0. The van der Waals surface area contributed by atoms with Crippen molar-refractivity contribution in [3.63, 3.8) is 0 Å². The molecule has 0 fully saturated rings. The summed E-state index contributed by atoms with van der Waals surface area (Å²) in [5, 5.41) is 6.87. The topological polar surface area (TPSA) is 34.5 Å². The fourth-order valence-electron chi connectivity index (χ4n) is 8.90. The van der Waals surface area contributed by atoms with Crippen molar-refractivity contribution < 1.29 is 8.83 Å². The molecular formula is C54H34N2O2. The highest BCUT2D eigenvalue weighted by atomic mass is 16.3. The van der Waals surface area contributed by atoms with Gasteiger partial charge in [0.05, 0.1) is 16.7 Å². The monoisotopic (exact) mass is 742 g/mol. The van der Waals surface area contributed by atoms with E-state index in [1.807, 2.05) is 24.3 Å². The summed E-state index contributed by atoms with van der Waals surface area (Å²) in [5.74, 6) is 0. The minimum Gasteiger partial charge on any atom is -0.456 e. The fraction of sp³-hybridized carbons (Fsp3) is 0. The molecule has 0 unspecified atom stereocenters. The van der Waals surface area contributed by atoms with E-state index in [2.05, 4.69) is 191 Å². The molecule has 0 N–H and O–H groups in total. The molecule has 9 aromatic carbocycles. The third-order valence-electron chi connectivity index (χ3n) is 11.6. The molecule has 0 amide bonds. The number of benzene rings is 9. The van der Waals surface area contributed by atoms with E-state index in [0.29, 0.717) is 0 Å². The Hall–Kier alpha value is -7.82. The van der Waals surface area contributed by atoms with Gasteiger partial charge in [-0.3, -0.25) is 0 Å². The number of hydrogen-bond donors (Lipinski definition) is 0. The lowest BCUT2D eigenvalue weighted by Gasteiger charge is -2.26. The number of nitrogens with zero attached hydrogens (tertiary/aromatic N) is 2. The highest BCUT2D eigenvalue weighted by Gasteiger charge is 2.20. The predicted molar refractivity (Wildman–Crippen MR) is 241 cm³/mol. The van der Waals surface area contributed by atoms with Crippen molar-refractivity contribution in [3.8, 4) is 27.9 Å². The maximum Gasteiger partial charge on any atom is 0.137 e. The SMILES string of the molecule is c1ccc(-c2ccc(-n3c4ccccc4c4ccccc43)c(-c3ccc(N(c4ccc5c(c4)oc4ccccc45)c4ccc5oc6ccccc6c5c4)cc3)c2)cc1. The largest absolute Gasteiger partial charge is 0.456 e. The quantitative estimate of drug-likeness (QED) is 0.170. The highest BCUT2D eigenvalue weighted by Crippen LogP contribution is 2.43. The van der Waals surface area contributed by atoms with Crippen molar-refractivity contribution in [2.24, 2.45) is 0 Å². The number of hydrogen-bond acceptors (Lipinski definition) is 3. The van der Waals surface area contributed by atoms with Crippen LogP contribution in [0.1, 0.15) is 0 Å². The lowest BCUT2D eigenvalue weighted by atomic mass is 9.96. The summed E-state index contributed by atoms with van der Waals surface area (Å²) in [5.41, 5.74) is 14.7. The van der Waals surface area contributed by atoms with E-state index in [1.165, 1.54) is 32.9 Å². The average Bonchev–Trinajstić information content (AvgIpc) is 3.96. The van der Waals surface area contributed by atoms with E-state index in [4.69, 9.17) is 8.83 Å². The van der Waals surface area contributed by atoms with Crippen LogP contribution in [-0.2, 0) is 0 Å². The molecule has 4 nitrogen and oxygen atoms in total. The van der Waals surface area contributed by atoms with Crippen LogP contribution in [0.2, 0.25) is 0 Å². The van der Waals surface area contributed by atoms with E-state index in [-0.39, 0.29) is 0 Å². The van der Waals surface area contributed by atoms with Crippen LogP contribution in [0.3, 0.4) is 0 Å². The summed E-state index contributed by atoms with van der Waals surface area (Å²) in [6.07, 6.45) is 0. The van der Waals surface area contributed by atoms with Crippen LogP contribution in [-0.4, -0.2) is 4.57 Å². The van der Waals surface area contributed by atoms with Crippen LogP contribution in [0.15, 0.2) is 215 Å². The molecule has 0 spiro atoms. The standard InChI is InChI=1S/C54H34N2O2/c1-2-12-35(13-3-1)37-24-30-50(56-48-18-8-4-14-41(48)42-15-5-9-19-49(42)56)46(32-37)36-22-25-38(26-23-36)55(39-28-31-53-47(33-39)44-17-7-11-21-52(44)57-53)40-27-29-45-43-16-6-10-20-51(43)58-54(45)34-40/h1-34H. The van der Waals surface area contributed by atoms with Gasteiger partial charge in [-0.1, -0.05) is 121 Å². The van der Waals surface area contributed by atoms with Gasteiger partial charge < -0.3 is 18.3 Å². The van der Waals surface area contributed by atoms with Crippen LogP contribution in [0.4, 0.5) is 17.1 Å². The highest BCUT2D eigenvalue weighted by molar-refractivity contribution is 6.10. The predicted octanol–water partition coefficient (Wildman–Crippen LogP) is 15.4. The summed E-state index contributed by atoms with van der Waals surface area (Å²) < 4.78 is 15.1. The van der Waals surface area contributed by atoms with Crippen LogP contribution in [0.5, 0.6) is 0 Å². The van der Waals surface area contributed by atoms with Gasteiger partial charge in [0.15, 0.2) is 0 Å². The van der Waals surface area contributed by atoms with Gasteiger partial charge >= 0.3 is 0 Å². The first-order valence-electron chi connectivity index (χ1n) is 19.7. The lowest BCUT2D eigenvalue weighted by molar-refractivity contribution is 0.668. The number of fused-ring (bicyclic) bond motifs is 9. The second kappa shape index (κ2) is 12.9. The van der Waals surface area contributed by atoms with E-state index >= 15 is 0 Å². The third kappa shape index (κ3) is 5.09. The summed E-state index contributed by atoms with van der Waals surface area (Å²) >= 11 is 0. The molecule has 0 bridgehead atoms. The molecule has 3 heterocycles. The van der Waals surface area contributed by atoms with Gasteiger partial charge in [-0.2, -0.15) is 0 Å². The minimum absolute atomic E-state index is 0.851. The molecule has 12 aromatic rings. The van der Waals surface area contributed by atoms with E-state index < -0.39 is 0 Å². The second-order valence-electron chi connectivity index (χ2n) is 14.9. The van der Waals surface area contributed by atoms with Gasteiger partial charge in [-0.05, 0) is 95.6 Å². The Balaban J connectivity index is 1.05. The zero-order chi connectivity index (χ0) is 38.2. The number of anilines is 3. The number of furan rings is 2. The first-order chi connectivity index (χ1) is 28.7. The van der Waals surface area contributed by atoms with E-state index in [9.17, 15) is 0 Å². The van der Waals surface area contributed by atoms with Crippen LogP contribution in [0, 0.1) is 0 Å². The molecule has 0 saturated carbocycles. The van der Waals surface area contributed by atoms with Gasteiger partial charge in [-0.15, -0.1) is 0 Å². The Morgan fingerprint density at radius 1 is 0.310 bits per heavy atom. The molecule has 3 aromatic heterocycles. The fourth-order valence-corrected chi connectivity index (χ4v) is 8.90. The van der Waals surface area contributed by atoms with Gasteiger partial charge in [0.2, 0.25) is 0 Å². The van der Waals surface area contributed by atoms with E-state index in [0.717, 1.165) is 77.8 Å².